The fourth-order valence-corrected chi connectivity index (χ4v) is 1.84. The molecule has 0 heterocycles. The normalized spacial score (nSPS) is 10.9. The fraction of sp³-hybridized carbons (Fsp3) is 1.00. The Morgan fingerprint density at radius 3 is 1.14 bits per heavy atom. The molecule has 0 unspecified atom stereocenters. The summed E-state index contributed by atoms with van der Waals surface area (Å²) in [5.74, 6) is 0. The fourth-order valence-electron chi connectivity index (χ4n) is 1.84. The predicted octanol–water partition coefficient (Wildman–Crippen LogP) is -1.58. The molecule has 132 valence electrons. The van der Waals surface area contributed by atoms with Crippen molar-refractivity contribution < 1.29 is 21.9 Å². The Bertz CT molecular complexity index is 163. The van der Waals surface area contributed by atoms with E-state index in [0.29, 0.717) is 26.2 Å². The van der Waals surface area contributed by atoms with E-state index in [-0.39, 0.29) is 27.9 Å². The Labute approximate surface area is 130 Å². The van der Waals surface area contributed by atoms with E-state index in [1.165, 1.54) is 0 Å². The van der Waals surface area contributed by atoms with Crippen molar-refractivity contribution >= 4 is 0 Å². The number of nitrogens with zero attached hydrogens (tertiary/aromatic N) is 2. The Hall–Kier alpha value is -0.280. The smallest absolute Gasteiger partial charge is 0.0558 e. The molecule has 0 bridgehead atoms. The summed E-state index contributed by atoms with van der Waals surface area (Å²) in [6, 6.07) is 0. The predicted molar refractivity (Wildman–Crippen MR) is 87.6 cm³/mol. The maximum atomic E-state index is 8.86. The maximum absolute atomic E-state index is 8.86. The monoisotopic (exact) mass is 311 g/mol. The van der Waals surface area contributed by atoms with Gasteiger partial charge in [-0.1, -0.05) is 13.8 Å². The lowest BCUT2D eigenvalue weighted by Crippen LogP contribution is -2.39. The second-order valence-corrected chi connectivity index (χ2v) is 4.33. The van der Waals surface area contributed by atoms with Crippen LogP contribution in [0.25, 0.3) is 0 Å². The van der Waals surface area contributed by atoms with Crippen LogP contribution < -0.4 is 5.32 Å². The molecular weight excluding hydrogens is 274 g/mol. The largest absolute Gasteiger partial charge is 0.395 e. The van der Waals surface area contributed by atoms with Crippen LogP contribution in [0.5, 0.6) is 0 Å². The molecule has 0 fully saturated rings. The minimum Gasteiger partial charge on any atom is -0.395 e. The average Bonchev–Trinajstić information content (AvgIpc) is 2.49. The first-order valence-electron chi connectivity index (χ1n) is 7.87. The van der Waals surface area contributed by atoms with Gasteiger partial charge in [0.15, 0.2) is 0 Å². The van der Waals surface area contributed by atoms with E-state index in [2.05, 4.69) is 5.32 Å². The third-order valence-corrected chi connectivity index (χ3v) is 2.87. The van der Waals surface area contributed by atoms with E-state index in [1.54, 1.807) is 0 Å². The average molecular weight is 311 g/mol. The second-order valence-electron chi connectivity index (χ2n) is 4.33. The van der Waals surface area contributed by atoms with Gasteiger partial charge in [-0.3, -0.25) is 9.80 Å². The van der Waals surface area contributed by atoms with Gasteiger partial charge >= 0.3 is 0 Å². The van der Waals surface area contributed by atoms with Crippen LogP contribution >= 0.6 is 0 Å². The maximum Gasteiger partial charge on any atom is 0.0558 e. The van der Waals surface area contributed by atoms with Crippen molar-refractivity contribution in [3.05, 3.63) is 0 Å². The van der Waals surface area contributed by atoms with Crippen LogP contribution in [0, 0.1) is 0 Å². The van der Waals surface area contributed by atoms with Gasteiger partial charge in [0.2, 0.25) is 0 Å². The highest BCUT2D eigenvalue weighted by atomic mass is 16.3. The summed E-state index contributed by atoms with van der Waals surface area (Å²) in [6.45, 7) is 9.81. The summed E-state index contributed by atoms with van der Waals surface area (Å²) in [4.78, 5) is 3.98. The van der Waals surface area contributed by atoms with Crippen LogP contribution in [-0.4, -0.2) is 109 Å². The third kappa shape index (κ3) is 15.9. The van der Waals surface area contributed by atoms with Gasteiger partial charge in [0.05, 0.1) is 26.4 Å². The molecule has 0 spiro atoms. The van der Waals surface area contributed by atoms with Gasteiger partial charge in [-0.25, -0.2) is 0 Å². The molecule has 5 N–H and O–H groups in total. The zero-order valence-corrected chi connectivity index (χ0v) is 13.7. The van der Waals surface area contributed by atoms with Crippen LogP contribution in [0.2, 0.25) is 0 Å². The van der Waals surface area contributed by atoms with E-state index in [1.807, 2.05) is 23.6 Å². The zero-order valence-electron chi connectivity index (χ0n) is 13.7. The van der Waals surface area contributed by atoms with Gasteiger partial charge in [-0.2, -0.15) is 0 Å². The number of nitrogens with one attached hydrogen (secondary N) is 1. The number of hydrogen-bond acceptors (Lipinski definition) is 7. The molecule has 0 aromatic rings. The van der Waals surface area contributed by atoms with Crippen molar-refractivity contribution in [1.82, 2.24) is 15.1 Å². The molecule has 0 aliphatic carbocycles. The molecule has 7 heteroatoms. The number of rotatable bonds is 14. The van der Waals surface area contributed by atoms with Crippen molar-refractivity contribution in [3.63, 3.8) is 0 Å². The summed E-state index contributed by atoms with van der Waals surface area (Å²) >= 11 is 0. The molecule has 0 aromatic carbocycles. The zero-order chi connectivity index (χ0) is 16.3. The van der Waals surface area contributed by atoms with Gasteiger partial charge in [-0.15, -0.1) is 0 Å². The summed E-state index contributed by atoms with van der Waals surface area (Å²) in [5.41, 5.74) is 0. The van der Waals surface area contributed by atoms with Crippen molar-refractivity contribution in [3.8, 4) is 0 Å². The first kappa shape index (κ1) is 23.0. The van der Waals surface area contributed by atoms with E-state index in [4.69, 9.17) is 20.4 Å². The van der Waals surface area contributed by atoms with Crippen LogP contribution in [-0.2, 0) is 0 Å². The van der Waals surface area contributed by atoms with Crippen LogP contribution in [0.4, 0.5) is 0 Å². The number of hydrogen-bond donors (Lipinski definition) is 5. The Kier molecular flexibility index (Phi) is 21.6. The minimum absolute atomic E-state index is 0. The first-order valence-corrected chi connectivity index (χ1v) is 7.87. The molecule has 21 heavy (non-hydrogen) atoms. The molecule has 0 aliphatic heterocycles. The third-order valence-electron chi connectivity index (χ3n) is 2.87. The molecule has 0 aliphatic rings. The number of aliphatic hydroxyl groups excluding tert-OH is 4. The highest BCUT2D eigenvalue weighted by Crippen LogP contribution is 1.87. The van der Waals surface area contributed by atoms with Crippen molar-refractivity contribution in [1.29, 1.82) is 0 Å². The van der Waals surface area contributed by atoms with Crippen LogP contribution in [0.3, 0.4) is 0 Å². The van der Waals surface area contributed by atoms with Gasteiger partial charge in [0.1, 0.15) is 0 Å². The first-order chi connectivity index (χ1) is 10.3. The van der Waals surface area contributed by atoms with Gasteiger partial charge in [0, 0.05) is 53.8 Å². The molecule has 0 amide bonds. The molecule has 0 aromatic heterocycles. The van der Waals surface area contributed by atoms with E-state index in [9.17, 15) is 0 Å². The molecular formula is C14H37N3O4. The molecule has 7 nitrogen and oxygen atoms in total. The lowest BCUT2D eigenvalue weighted by Gasteiger charge is -2.22. The Morgan fingerprint density at radius 1 is 0.619 bits per heavy atom. The molecule has 0 rings (SSSR count). The minimum atomic E-state index is 0. The van der Waals surface area contributed by atoms with Crippen molar-refractivity contribution in [2.24, 2.45) is 0 Å². The van der Waals surface area contributed by atoms with Crippen LogP contribution in [0.15, 0.2) is 0 Å². The summed E-state index contributed by atoms with van der Waals surface area (Å²) in [5, 5.41) is 38.7. The van der Waals surface area contributed by atoms with E-state index >= 15 is 0 Å². The quantitative estimate of drug-likeness (QED) is 0.247. The lowest BCUT2D eigenvalue weighted by atomic mass is 10.4. The van der Waals surface area contributed by atoms with E-state index < -0.39 is 0 Å². The molecule has 0 atom stereocenters. The van der Waals surface area contributed by atoms with Gasteiger partial charge < -0.3 is 25.7 Å². The standard InChI is InChI=1S/C12H29N3O4.C2H6.H2/c16-9-5-14(6-10-17)3-1-13-2-4-15(7-11-18)8-12-19;1-2;/h13,16-19H,1-12H2;1-2H3;1H. The van der Waals surface area contributed by atoms with E-state index in [0.717, 1.165) is 26.2 Å². The summed E-state index contributed by atoms with van der Waals surface area (Å²) in [6.07, 6.45) is 0. The summed E-state index contributed by atoms with van der Waals surface area (Å²) < 4.78 is 0. The molecule has 0 saturated carbocycles. The SMILES string of the molecule is CC.OCCN(CCO)CCNCCN(CCO)CCO.[HH]. The summed E-state index contributed by atoms with van der Waals surface area (Å²) in [7, 11) is 0. The number of aliphatic hydroxyl groups is 4. The van der Waals surface area contributed by atoms with Crippen molar-refractivity contribution in [2.45, 2.75) is 13.8 Å². The molecule has 0 radical (unpaired) electrons. The Balaban J connectivity index is -0.00000115. The highest BCUT2D eigenvalue weighted by Gasteiger charge is 2.04. The van der Waals surface area contributed by atoms with Crippen molar-refractivity contribution in [2.75, 3.05) is 78.8 Å². The molecule has 0 saturated heterocycles. The highest BCUT2D eigenvalue weighted by molar-refractivity contribution is 4.62. The van der Waals surface area contributed by atoms with Gasteiger partial charge in [-0.05, 0) is 0 Å². The lowest BCUT2D eigenvalue weighted by molar-refractivity contribution is 0.155. The topological polar surface area (TPSA) is 99.4 Å². The Morgan fingerprint density at radius 2 is 0.905 bits per heavy atom. The van der Waals surface area contributed by atoms with Gasteiger partial charge in [0.25, 0.3) is 0 Å². The second kappa shape index (κ2) is 19.7. The van der Waals surface area contributed by atoms with Crippen LogP contribution in [0.1, 0.15) is 15.3 Å².